The van der Waals surface area contributed by atoms with Crippen LogP contribution in [-0.2, 0) is 4.74 Å². The summed E-state index contributed by atoms with van der Waals surface area (Å²) in [5.41, 5.74) is 1.86. The van der Waals surface area contributed by atoms with E-state index in [0.717, 1.165) is 38.4 Å². The van der Waals surface area contributed by atoms with Crippen LogP contribution in [0.1, 0.15) is 23.8 Å². The molecule has 1 aliphatic rings. The molecule has 2 N–H and O–H groups in total. The molecule has 1 aliphatic heterocycles. The second kappa shape index (κ2) is 8.03. The van der Waals surface area contributed by atoms with Crippen molar-refractivity contribution in [2.24, 2.45) is 0 Å². The molecule has 128 valence electrons. The number of morpholine rings is 1. The quantitative estimate of drug-likeness (QED) is 0.835. The minimum atomic E-state index is -0.142. The maximum absolute atomic E-state index is 12.3. The molecule has 2 aromatic heterocycles. The molecule has 0 spiro atoms. The molecule has 7 nitrogen and oxygen atoms in total. The number of amides is 1. The monoisotopic (exact) mass is 329 g/mol. The number of aromatic amines is 1. The number of pyridine rings is 1. The molecule has 1 fully saturated rings. The summed E-state index contributed by atoms with van der Waals surface area (Å²) in [5, 5.41) is 9.96. The maximum atomic E-state index is 12.3. The number of rotatable bonds is 6. The van der Waals surface area contributed by atoms with Gasteiger partial charge in [-0.3, -0.25) is 19.8 Å². The van der Waals surface area contributed by atoms with E-state index in [9.17, 15) is 4.79 Å². The minimum absolute atomic E-state index is 0.142. The first-order chi connectivity index (χ1) is 11.8. The van der Waals surface area contributed by atoms with Gasteiger partial charge in [0.1, 0.15) is 11.4 Å². The van der Waals surface area contributed by atoms with E-state index >= 15 is 0 Å². The fourth-order valence-electron chi connectivity index (χ4n) is 2.86. The van der Waals surface area contributed by atoms with Gasteiger partial charge in [0.2, 0.25) is 0 Å². The predicted octanol–water partition coefficient (Wildman–Crippen LogP) is 1.31. The number of aromatic nitrogens is 3. The minimum Gasteiger partial charge on any atom is -0.379 e. The van der Waals surface area contributed by atoms with Crippen molar-refractivity contribution < 1.29 is 9.53 Å². The summed E-state index contributed by atoms with van der Waals surface area (Å²) in [6.07, 6.45) is 2.69. The van der Waals surface area contributed by atoms with Gasteiger partial charge in [-0.2, -0.15) is 5.10 Å². The number of ether oxygens (including phenoxy) is 1. The number of carbonyl (C=O) groups excluding carboxylic acids is 1. The number of hydrogen-bond acceptors (Lipinski definition) is 5. The van der Waals surface area contributed by atoms with Crippen LogP contribution in [0.3, 0.4) is 0 Å². The van der Waals surface area contributed by atoms with Gasteiger partial charge in [0.05, 0.1) is 18.9 Å². The van der Waals surface area contributed by atoms with E-state index < -0.39 is 0 Å². The molecule has 1 unspecified atom stereocenters. The normalized spacial score (nSPS) is 16.7. The molecule has 1 amide bonds. The highest BCUT2D eigenvalue weighted by Gasteiger charge is 2.20. The maximum Gasteiger partial charge on any atom is 0.269 e. The number of H-pyrrole nitrogens is 1. The first kappa shape index (κ1) is 16.6. The van der Waals surface area contributed by atoms with Gasteiger partial charge in [-0.05, 0) is 24.6 Å². The fraction of sp³-hybridized carbons (Fsp3) is 0.471. The number of nitrogens with zero attached hydrogens (tertiary/aromatic N) is 3. The zero-order valence-corrected chi connectivity index (χ0v) is 13.9. The van der Waals surface area contributed by atoms with Crippen LogP contribution in [0.4, 0.5) is 0 Å². The van der Waals surface area contributed by atoms with Crippen LogP contribution in [0.15, 0.2) is 30.5 Å². The summed E-state index contributed by atoms with van der Waals surface area (Å²) in [5.74, 6) is -0.142. The average molecular weight is 329 g/mol. The number of carbonyl (C=O) groups is 1. The summed E-state index contributed by atoms with van der Waals surface area (Å²) >= 11 is 0. The van der Waals surface area contributed by atoms with E-state index in [0.29, 0.717) is 24.0 Å². The molecule has 3 heterocycles. The lowest BCUT2D eigenvalue weighted by atomic mass is 10.1. The van der Waals surface area contributed by atoms with Crippen LogP contribution in [0.25, 0.3) is 11.4 Å². The number of nitrogens with one attached hydrogen (secondary N) is 2. The first-order valence-corrected chi connectivity index (χ1v) is 8.34. The lowest BCUT2D eigenvalue weighted by molar-refractivity contribution is 0.0159. The molecule has 24 heavy (non-hydrogen) atoms. The van der Waals surface area contributed by atoms with Crippen molar-refractivity contribution in [3.63, 3.8) is 0 Å². The lowest BCUT2D eigenvalue weighted by Gasteiger charge is -2.33. The molecule has 2 aromatic rings. The second-order valence-electron chi connectivity index (χ2n) is 5.80. The highest BCUT2D eigenvalue weighted by molar-refractivity contribution is 5.93. The molecule has 0 aliphatic carbocycles. The SMILES string of the molecule is CCC(CNC(=O)c1cc(-c2ccccn2)n[nH]1)N1CCOCC1. The Morgan fingerprint density at radius 2 is 2.21 bits per heavy atom. The third-order valence-corrected chi connectivity index (χ3v) is 4.28. The molecule has 1 saturated heterocycles. The van der Waals surface area contributed by atoms with E-state index in [-0.39, 0.29) is 5.91 Å². The zero-order chi connectivity index (χ0) is 16.8. The average Bonchev–Trinajstić information content (AvgIpc) is 3.14. The number of hydrogen-bond donors (Lipinski definition) is 2. The summed E-state index contributed by atoms with van der Waals surface area (Å²) in [6.45, 7) is 6.12. The predicted molar refractivity (Wildman–Crippen MR) is 90.6 cm³/mol. The van der Waals surface area contributed by atoms with Gasteiger partial charge in [-0.15, -0.1) is 0 Å². The molecule has 0 saturated carbocycles. The van der Waals surface area contributed by atoms with E-state index in [2.05, 4.69) is 32.3 Å². The Morgan fingerprint density at radius 3 is 2.92 bits per heavy atom. The molecule has 3 rings (SSSR count). The standard InChI is InChI=1S/C17H23N5O2/c1-2-13(22-7-9-24-10-8-22)12-19-17(23)16-11-15(20-21-16)14-5-3-4-6-18-14/h3-6,11,13H,2,7-10,12H2,1H3,(H,19,23)(H,20,21). The van der Waals surface area contributed by atoms with Gasteiger partial charge < -0.3 is 10.1 Å². The van der Waals surface area contributed by atoms with Gasteiger partial charge >= 0.3 is 0 Å². The van der Waals surface area contributed by atoms with Crippen molar-refractivity contribution >= 4 is 5.91 Å². The topological polar surface area (TPSA) is 83.1 Å². The Kier molecular flexibility index (Phi) is 5.55. The van der Waals surface area contributed by atoms with Crippen LogP contribution in [0.5, 0.6) is 0 Å². The molecular formula is C17H23N5O2. The van der Waals surface area contributed by atoms with Crippen LogP contribution in [0.2, 0.25) is 0 Å². The summed E-state index contributed by atoms with van der Waals surface area (Å²) < 4.78 is 5.39. The summed E-state index contributed by atoms with van der Waals surface area (Å²) in [7, 11) is 0. The van der Waals surface area contributed by atoms with Gasteiger partial charge in [0.25, 0.3) is 5.91 Å². The molecule has 0 radical (unpaired) electrons. The van der Waals surface area contributed by atoms with Crippen molar-refractivity contribution in [1.82, 2.24) is 25.4 Å². The first-order valence-electron chi connectivity index (χ1n) is 8.34. The Balaban J connectivity index is 1.57. The van der Waals surface area contributed by atoms with Crippen molar-refractivity contribution in [1.29, 1.82) is 0 Å². The highest BCUT2D eigenvalue weighted by Crippen LogP contribution is 2.14. The summed E-state index contributed by atoms with van der Waals surface area (Å²) in [4.78, 5) is 19.0. The molecule has 1 atom stereocenters. The van der Waals surface area contributed by atoms with Crippen LogP contribution >= 0.6 is 0 Å². The van der Waals surface area contributed by atoms with Crippen molar-refractivity contribution in [2.45, 2.75) is 19.4 Å². The van der Waals surface area contributed by atoms with Gasteiger partial charge in [-0.25, -0.2) is 0 Å². The molecule has 7 heteroatoms. The van der Waals surface area contributed by atoms with Crippen LogP contribution in [0, 0.1) is 0 Å². The Hall–Kier alpha value is -2.25. The van der Waals surface area contributed by atoms with Crippen molar-refractivity contribution in [3.8, 4) is 11.4 Å². The highest BCUT2D eigenvalue weighted by atomic mass is 16.5. The van der Waals surface area contributed by atoms with Crippen molar-refractivity contribution in [2.75, 3.05) is 32.8 Å². The molecule has 0 bridgehead atoms. The zero-order valence-electron chi connectivity index (χ0n) is 13.9. The Bertz CT molecular complexity index is 652. The van der Waals surface area contributed by atoms with Gasteiger partial charge in [-0.1, -0.05) is 13.0 Å². The van der Waals surface area contributed by atoms with Crippen molar-refractivity contribution in [3.05, 3.63) is 36.2 Å². The van der Waals surface area contributed by atoms with E-state index in [1.54, 1.807) is 12.3 Å². The van der Waals surface area contributed by atoms with E-state index in [4.69, 9.17) is 4.74 Å². The Morgan fingerprint density at radius 1 is 1.38 bits per heavy atom. The Labute approximate surface area is 141 Å². The smallest absolute Gasteiger partial charge is 0.269 e. The molecule has 0 aromatic carbocycles. The fourth-order valence-corrected chi connectivity index (χ4v) is 2.86. The van der Waals surface area contributed by atoms with Gasteiger partial charge in [0, 0.05) is 31.9 Å². The summed E-state index contributed by atoms with van der Waals surface area (Å²) in [6, 6.07) is 7.66. The van der Waals surface area contributed by atoms with Crippen LogP contribution in [-0.4, -0.2) is 64.9 Å². The largest absolute Gasteiger partial charge is 0.379 e. The van der Waals surface area contributed by atoms with E-state index in [1.165, 1.54) is 0 Å². The van der Waals surface area contributed by atoms with Crippen LogP contribution < -0.4 is 5.32 Å². The third-order valence-electron chi connectivity index (χ3n) is 4.28. The van der Waals surface area contributed by atoms with E-state index in [1.807, 2.05) is 18.2 Å². The van der Waals surface area contributed by atoms with Gasteiger partial charge in [0.15, 0.2) is 0 Å². The molecular weight excluding hydrogens is 306 g/mol. The third kappa shape index (κ3) is 3.98. The lowest BCUT2D eigenvalue weighted by Crippen LogP contribution is -2.48. The second-order valence-corrected chi connectivity index (χ2v) is 5.80.